The molecule has 0 saturated carbocycles. The van der Waals surface area contributed by atoms with Gasteiger partial charge in [-0.05, 0) is 186 Å². The second-order valence-electron chi connectivity index (χ2n) is 25.9. The zero-order valence-corrected chi connectivity index (χ0v) is 60.1. The van der Waals surface area contributed by atoms with Gasteiger partial charge in [-0.1, -0.05) is 97.4 Å². The first-order valence-corrected chi connectivity index (χ1v) is 36.0. The molecule has 31 nitrogen and oxygen atoms in total. The van der Waals surface area contributed by atoms with Crippen molar-refractivity contribution in [2.24, 2.45) is 40.1 Å². The van der Waals surface area contributed by atoms with Crippen LogP contribution in [0.15, 0.2) is 91.0 Å². The van der Waals surface area contributed by atoms with Crippen LogP contribution >= 0.6 is 0 Å². The summed E-state index contributed by atoms with van der Waals surface area (Å²) in [5.41, 5.74) is 42.7. The van der Waals surface area contributed by atoms with Gasteiger partial charge >= 0.3 is 5.97 Å². The van der Waals surface area contributed by atoms with Crippen molar-refractivity contribution >= 4 is 70.9 Å². The molecule has 0 aliphatic rings. The van der Waals surface area contributed by atoms with Crippen molar-refractivity contribution in [1.82, 2.24) is 58.5 Å². The predicted molar refractivity (Wildman–Crippen MR) is 392 cm³/mol. The van der Waals surface area contributed by atoms with Crippen LogP contribution in [0.5, 0.6) is 0 Å². The Hall–Kier alpha value is -8.98. The zero-order chi connectivity index (χ0) is 76.1. The van der Waals surface area contributed by atoms with Gasteiger partial charge in [-0.25, -0.2) is 4.79 Å². The van der Waals surface area contributed by atoms with Crippen molar-refractivity contribution in [3.05, 3.63) is 108 Å². The highest BCUT2D eigenvalue weighted by atomic mass is 16.4. The third kappa shape index (κ3) is 34.7. The van der Waals surface area contributed by atoms with Gasteiger partial charge in [0.05, 0.1) is 6.04 Å². The van der Waals surface area contributed by atoms with Crippen molar-refractivity contribution in [3.63, 3.8) is 0 Å². The molecule has 0 aliphatic carbocycles. The lowest BCUT2D eigenvalue weighted by molar-refractivity contribution is -0.142. The molecule has 572 valence electrons. The minimum absolute atomic E-state index is 0.0294. The van der Waals surface area contributed by atoms with Crippen molar-refractivity contribution in [2.75, 3.05) is 39.3 Å². The van der Waals surface area contributed by atoms with Crippen molar-refractivity contribution in [3.8, 4) is 0 Å². The summed E-state index contributed by atoms with van der Waals surface area (Å²) in [6.45, 7) is 5.91. The summed E-state index contributed by atoms with van der Waals surface area (Å²) in [5, 5.41) is 39.3. The minimum Gasteiger partial charge on any atom is -0.480 e. The number of carbonyl (C=O) groups is 12. The first kappa shape index (κ1) is 88.2. The number of amides is 11. The summed E-state index contributed by atoms with van der Waals surface area (Å²) < 4.78 is 0. The lowest BCUT2D eigenvalue weighted by atomic mass is 10.0. The van der Waals surface area contributed by atoms with Crippen LogP contribution in [-0.4, -0.2) is 188 Å². The topological polar surface area (TPSA) is 540 Å². The smallest absolute Gasteiger partial charge is 0.326 e. The van der Waals surface area contributed by atoms with Gasteiger partial charge < -0.3 is 104 Å². The summed E-state index contributed by atoms with van der Waals surface area (Å²) >= 11 is 0. The lowest BCUT2D eigenvalue weighted by Gasteiger charge is -2.28. The molecule has 3 aromatic carbocycles. The molecule has 0 unspecified atom stereocenters. The van der Waals surface area contributed by atoms with Crippen molar-refractivity contribution in [1.29, 1.82) is 0 Å². The number of rotatable bonds is 53. The Bertz CT molecular complexity index is 3090. The molecular weight excluding hydrogens is 1320 g/mol. The van der Waals surface area contributed by atoms with E-state index in [0.29, 0.717) is 108 Å². The van der Waals surface area contributed by atoms with E-state index in [2.05, 4.69) is 58.5 Å². The number of nitrogens with two attached hydrogens (primary N) is 7. The molecule has 0 spiro atoms. The standard InChI is InChI=1S/C72H116N18O13/c1-46(80-69(99)58(43-49-25-7-4-8-26-49)88-64(94)52(79)31-13-19-37-73)61(91)83-53(32-14-20-38-74)65(95)85-55(34-16-22-40-76)67(97)89-59(44-50-27-9-5-10-28-50)70(100)81-47(2)62(92)84-54(33-15-21-39-75)66(96)86-56(35-17-23-41-77)68(98)90-60(45-51-29-11-6-12-30-51)71(101)82-48(3)63(93)87-57(72(102)103)36-18-24-42-78/h4-12,25-30,46-48,52-60H,13-24,31-45,73-79H2,1-3H3,(H,80,99)(H,81,100)(H,82,101)(H,83,91)(H,84,92)(H,85,95)(H,86,96)(H,87,93)(H,88,94)(H,89,97)(H,90,98)(H,102,103)/t46-,47-,48-,52-,53-,54-,55-,56-,57-,58-,59-,60-/m0/s1. The average Bonchev–Trinajstić information content (AvgIpc) is 0.864. The summed E-state index contributed by atoms with van der Waals surface area (Å²) in [6, 6.07) is 11.2. The maximum atomic E-state index is 14.6. The van der Waals surface area contributed by atoms with Gasteiger partial charge in [0.15, 0.2) is 0 Å². The van der Waals surface area contributed by atoms with E-state index in [0.717, 1.165) is 5.56 Å². The molecule has 0 fully saturated rings. The Morgan fingerprint density at radius 1 is 0.272 bits per heavy atom. The molecule has 0 bridgehead atoms. The zero-order valence-electron chi connectivity index (χ0n) is 60.1. The Labute approximate surface area is 604 Å². The van der Waals surface area contributed by atoms with E-state index in [1.165, 1.54) is 20.8 Å². The van der Waals surface area contributed by atoms with E-state index < -0.39 is 143 Å². The summed E-state index contributed by atoms with van der Waals surface area (Å²) in [5.74, 6) is -9.60. The van der Waals surface area contributed by atoms with Crippen LogP contribution in [0.3, 0.4) is 0 Å². The van der Waals surface area contributed by atoms with Crippen LogP contribution in [0.25, 0.3) is 0 Å². The molecule has 12 atom stereocenters. The maximum Gasteiger partial charge on any atom is 0.326 e. The number of nitrogens with one attached hydrogen (secondary N) is 11. The third-order valence-corrected chi connectivity index (χ3v) is 17.2. The molecular formula is C72H116N18O13. The van der Waals surface area contributed by atoms with Crippen LogP contribution in [0.2, 0.25) is 0 Å². The Morgan fingerprint density at radius 3 is 0.728 bits per heavy atom. The number of aliphatic carboxylic acids is 1. The molecule has 0 heterocycles. The Balaban J connectivity index is 1.88. The Morgan fingerprint density at radius 2 is 0.476 bits per heavy atom. The van der Waals surface area contributed by atoms with Crippen LogP contribution in [0.1, 0.15) is 153 Å². The first-order chi connectivity index (χ1) is 49.4. The molecule has 0 radical (unpaired) electrons. The van der Waals surface area contributed by atoms with Crippen LogP contribution < -0.4 is 98.6 Å². The van der Waals surface area contributed by atoms with Gasteiger partial charge in [-0.3, -0.25) is 52.7 Å². The molecule has 0 saturated heterocycles. The molecule has 26 N–H and O–H groups in total. The number of carbonyl (C=O) groups excluding carboxylic acids is 11. The normalized spacial score (nSPS) is 14.6. The summed E-state index contributed by atoms with van der Waals surface area (Å²) in [6.07, 6.45) is 5.93. The number of hydrogen-bond donors (Lipinski definition) is 19. The van der Waals surface area contributed by atoms with Gasteiger partial charge in [-0.2, -0.15) is 0 Å². The number of carboxylic acids is 1. The number of benzene rings is 3. The van der Waals surface area contributed by atoms with Crippen molar-refractivity contribution in [2.45, 2.75) is 228 Å². The molecule has 0 aliphatic heterocycles. The lowest BCUT2D eigenvalue weighted by Crippen LogP contribution is -2.60. The fraction of sp³-hybridized carbons (Fsp3) is 0.583. The summed E-state index contributed by atoms with van der Waals surface area (Å²) in [7, 11) is 0. The van der Waals surface area contributed by atoms with E-state index in [9.17, 15) is 62.6 Å². The second-order valence-corrected chi connectivity index (χ2v) is 25.9. The van der Waals surface area contributed by atoms with Gasteiger partial charge in [-0.15, -0.1) is 0 Å². The van der Waals surface area contributed by atoms with Gasteiger partial charge in [0, 0.05) is 19.3 Å². The fourth-order valence-electron chi connectivity index (χ4n) is 11.0. The number of unbranched alkanes of at least 4 members (excludes halogenated alkanes) is 6. The maximum absolute atomic E-state index is 14.6. The molecule has 3 aromatic rings. The molecule has 11 amide bonds. The van der Waals surface area contributed by atoms with Crippen molar-refractivity contribution < 1.29 is 62.6 Å². The highest BCUT2D eigenvalue weighted by Gasteiger charge is 2.36. The van der Waals surface area contributed by atoms with Gasteiger partial charge in [0.25, 0.3) is 0 Å². The van der Waals surface area contributed by atoms with E-state index in [1.54, 1.807) is 91.0 Å². The SMILES string of the molecule is C[C@H](NC(=O)[C@H](Cc1ccccc1)NC(=O)[C@H](CCCCN)NC(=O)[C@H](CCCCN)NC(=O)[C@H](C)NC(=O)[C@H](Cc1ccccc1)NC(=O)[C@H](CCCCN)NC(=O)[C@H](CCCCN)NC(=O)[C@H](C)NC(=O)[C@H](Cc1ccccc1)NC(=O)[C@@H](N)CCCCN)C(=O)N[C@@H](CCCCN)C(=O)O. The highest BCUT2D eigenvalue weighted by Crippen LogP contribution is 2.14. The Kier molecular flexibility index (Phi) is 43.2. The van der Waals surface area contributed by atoms with Gasteiger partial charge in [0.2, 0.25) is 65.0 Å². The van der Waals surface area contributed by atoms with Gasteiger partial charge in [0.1, 0.15) is 66.5 Å². The number of carboxylic acid groups (broad SMARTS) is 1. The van der Waals surface area contributed by atoms with Crippen LogP contribution in [0.4, 0.5) is 0 Å². The quantitative estimate of drug-likeness (QED) is 0.0280. The van der Waals surface area contributed by atoms with E-state index >= 15 is 0 Å². The largest absolute Gasteiger partial charge is 0.480 e. The minimum atomic E-state index is -1.38. The van der Waals surface area contributed by atoms with E-state index in [1.807, 2.05) is 0 Å². The number of hydrogen-bond acceptors (Lipinski definition) is 19. The second kappa shape index (κ2) is 50.4. The summed E-state index contributed by atoms with van der Waals surface area (Å²) in [4.78, 5) is 167. The molecule has 31 heteroatoms. The first-order valence-electron chi connectivity index (χ1n) is 36.0. The highest BCUT2D eigenvalue weighted by molar-refractivity contribution is 5.99. The van der Waals surface area contributed by atoms with E-state index in [4.69, 9.17) is 40.1 Å². The molecule has 103 heavy (non-hydrogen) atoms. The molecule has 3 rings (SSSR count). The predicted octanol–water partition coefficient (Wildman–Crippen LogP) is -1.71. The monoisotopic (exact) mass is 1440 g/mol. The van der Waals surface area contributed by atoms with Crippen LogP contribution in [-0.2, 0) is 76.8 Å². The third-order valence-electron chi connectivity index (χ3n) is 17.2. The van der Waals surface area contributed by atoms with E-state index in [-0.39, 0.29) is 77.5 Å². The fourth-order valence-corrected chi connectivity index (χ4v) is 11.0. The van der Waals surface area contributed by atoms with Crippen LogP contribution in [0, 0.1) is 0 Å². The molecule has 0 aromatic heterocycles. The average molecular weight is 1440 g/mol.